The van der Waals surface area contributed by atoms with E-state index < -0.39 is 5.97 Å². The first-order valence-electron chi connectivity index (χ1n) is 8.52. The smallest absolute Gasteiger partial charge is 0.341 e. The van der Waals surface area contributed by atoms with Crippen molar-refractivity contribution < 1.29 is 19.1 Å². The number of thiophene rings is 1. The van der Waals surface area contributed by atoms with Gasteiger partial charge < -0.3 is 14.8 Å². The Balaban J connectivity index is 1.75. The number of hydrogen-bond donors (Lipinski definition) is 1. The topological polar surface area (TPSA) is 77.5 Å². The first kappa shape index (κ1) is 20.0. The van der Waals surface area contributed by atoms with Gasteiger partial charge in [-0.15, -0.1) is 22.7 Å². The maximum Gasteiger partial charge on any atom is 0.341 e. The van der Waals surface area contributed by atoms with Gasteiger partial charge in [-0.25, -0.2) is 9.78 Å². The van der Waals surface area contributed by atoms with E-state index in [1.54, 1.807) is 35.6 Å². The molecule has 0 atom stereocenters. The van der Waals surface area contributed by atoms with Crippen molar-refractivity contribution in [2.75, 3.05) is 12.4 Å². The molecule has 1 N–H and O–H groups in total. The number of rotatable bonds is 6. The molecule has 0 radical (unpaired) electrons. The third kappa shape index (κ3) is 4.40. The Morgan fingerprint density at radius 1 is 1.21 bits per heavy atom. The Labute approximate surface area is 171 Å². The van der Waals surface area contributed by atoms with Crippen LogP contribution in [0.15, 0.2) is 29.6 Å². The summed E-state index contributed by atoms with van der Waals surface area (Å²) in [5, 5.41) is 6.23. The van der Waals surface area contributed by atoms with Gasteiger partial charge in [-0.1, -0.05) is 6.07 Å². The number of esters is 1. The summed E-state index contributed by atoms with van der Waals surface area (Å²) in [4.78, 5) is 30.1. The molecule has 3 rings (SSSR count). The molecule has 3 aromatic rings. The highest BCUT2D eigenvalue weighted by Crippen LogP contribution is 2.33. The van der Waals surface area contributed by atoms with Crippen LogP contribution in [0.2, 0.25) is 0 Å². The number of thiazole rings is 1. The maximum atomic E-state index is 12.7. The Morgan fingerprint density at radius 3 is 2.68 bits per heavy atom. The summed E-state index contributed by atoms with van der Waals surface area (Å²) in [5.74, 6) is -0.209. The molecule has 146 valence electrons. The second kappa shape index (κ2) is 8.53. The standard InChI is InChI=1S/C20H20N2O4S2/c1-11-12(2)28-19(17(11)20(24)25-4)22-18(23)14-6-5-7-16(8-14)26-9-15-10-27-13(3)21-15/h5-8,10H,9H2,1-4H3,(H,22,23). The van der Waals surface area contributed by atoms with Crippen molar-refractivity contribution in [3.63, 3.8) is 0 Å². The molecule has 0 aliphatic carbocycles. The summed E-state index contributed by atoms with van der Waals surface area (Å²) in [5.41, 5.74) is 2.49. The van der Waals surface area contributed by atoms with E-state index in [0.29, 0.717) is 28.5 Å². The molecule has 1 amide bonds. The Kier molecular flexibility index (Phi) is 6.11. The van der Waals surface area contributed by atoms with Gasteiger partial charge in [0.05, 0.1) is 23.4 Å². The number of nitrogens with one attached hydrogen (secondary N) is 1. The third-order valence-electron chi connectivity index (χ3n) is 4.15. The fraction of sp³-hybridized carbons (Fsp3) is 0.250. The Bertz CT molecular complexity index is 1020. The molecule has 0 spiro atoms. The number of ether oxygens (including phenoxy) is 2. The monoisotopic (exact) mass is 416 g/mol. The van der Waals surface area contributed by atoms with Crippen molar-refractivity contribution in [1.82, 2.24) is 4.98 Å². The van der Waals surface area contributed by atoms with Crippen LogP contribution in [0.5, 0.6) is 5.75 Å². The summed E-state index contributed by atoms with van der Waals surface area (Å²) in [6.45, 7) is 6.01. The van der Waals surface area contributed by atoms with Crippen molar-refractivity contribution in [3.8, 4) is 5.75 Å². The van der Waals surface area contributed by atoms with E-state index in [9.17, 15) is 9.59 Å². The summed E-state index contributed by atoms with van der Waals surface area (Å²) in [6, 6.07) is 6.90. The quantitative estimate of drug-likeness (QED) is 0.587. The second-order valence-corrected chi connectivity index (χ2v) is 8.39. The van der Waals surface area contributed by atoms with Gasteiger partial charge in [0.25, 0.3) is 5.91 Å². The molecular formula is C20H20N2O4S2. The van der Waals surface area contributed by atoms with Gasteiger partial charge in [-0.2, -0.15) is 0 Å². The molecule has 0 aliphatic rings. The second-order valence-electron chi connectivity index (χ2n) is 6.11. The van der Waals surface area contributed by atoms with Crippen LogP contribution >= 0.6 is 22.7 Å². The molecule has 28 heavy (non-hydrogen) atoms. The zero-order valence-electron chi connectivity index (χ0n) is 16.0. The molecule has 0 saturated carbocycles. The number of benzene rings is 1. The number of amides is 1. The van der Waals surface area contributed by atoms with E-state index >= 15 is 0 Å². The van der Waals surface area contributed by atoms with E-state index in [2.05, 4.69) is 10.3 Å². The minimum atomic E-state index is -0.465. The Hall–Kier alpha value is -2.71. The van der Waals surface area contributed by atoms with Crippen LogP contribution in [0, 0.1) is 20.8 Å². The molecule has 2 aromatic heterocycles. The van der Waals surface area contributed by atoms with Gasteiger partial charge in [0.1, 0.15) is 17.4 Å². The van der Waals surface area contributed by atoms with Gasteiger partial charge in [0.2, 0.25) is 0 Å². The van der Waals surface area contributed by atoms with Crippen molar-refractivity contribution >= 4 is 39.6 Å². The molecule has 0 bridgehead atoms. The van der Waals surface area contributed by atoms with Gasteiger partial charge in [0.15, 0.2) is 0 Å². The minimum Gasteiger partial charge on any atom is -0.487 e. The van der Waals surface area contributed by atoms with Gasteiger partial charge in [-0.05, 0) is 44.5 Å². The van der Waals surface area contributed by atoms with E-state index in [1.165, 1.54) is 18.4 Å². The lowest BCUT2D eigenvalue weighted by Crippen LogP contribution is -2.14. The van der Waals surface area contributed by atoms with Crippen molar-refractivity contribution in [3.05, 3.63) is 61.9 Å². The van der Waals surface area contributed by atoms with E-state index in [4.69, 9.17) is 9.47 Å². The first-order chi connectivity index (χ1) is 13.4. The molecule has 6 nitrogen and oxygen atoms in total. The number of anilines is 1. The molecule has 0 fully saturated rings. The minimum absolute atomic E-state index is 0.318. The van der Waals surface area contributed by atoms with Crippen LogP contribution in [0.25, 0.3) is 0 Å². The SMILES string of the molecule is COC(=O)c1c(NC(=O)c2cccc(OCc3csc(C)n3)c2)sc(C)c1C. The molecule has 0 unspecified atom stereocenters. The van der Waals surface area contributed by atoms with E-state index in [1.807, 2.05) is 26.2 Å². The van der Waals surface area contributed by atoms with Crippen LogP contribution in [0.4, 0.5) is 5.00 Å². The normalized spacial score (nSPS) is 10.6. The summed E-state index contributed by atoms with van der Waals surface area (Å²) < 4.78 is 10.6. The summed E-state index contributed by atoms with van der Waals surface area (Å²) in [7, 11) is 1.32. The van der Waals surface area contributed by atoms with Crippen LogP contribution in [0.1, 0.15) is 41.9 Å². The largest absolute Gasteiger partial charge is 0.487 e. The van der Waals surface area contributed by atoms with Gasteiger partial charge in [-0.3, -0.25) is 4.79 Å². The average molecular weight is 417 g/mol. The zero-order valence-corrected chi connectivity index (χ0v) is 17.6. The number of nitrogens with zero attached hydrogens (tertiary/aromatic N) is 1. The zero-order chi connectivity index (χ0) is 20.3. The van der Waals surface area contributed by atoms with E-state index in [-0.39, 0.29) is 5.91 Å². The number of aromatic nitrogens is 1. The predicted octanol–water partition coefficient (Wildman–Crippen LogP) is 4.75. The Morgan fingerprint density at radius 2 is 2.00 bits per heavy atom. The lowest BCUT2D eigenvalue weighted by molar-refractivity contribution is 0.0601. The summed E-state index contributed by atoms with van der Waals surface area (Å²) in [6.07, 6.45) is 0. The molecular weight excluding hydrogens is 396 g/mol. The van der Waals surface area contributed by atoms with Crippen molar-refractivity contribution in [2.24, 2.45) is 0 Å². The number of carbonyl (C=O) groups excluding carboxylic acids is 2. The molecule has 0 aliphatic heterocycles. The molecule has 8 heteroatoms. The van der Waals surface area contributed by atoms with Crippen LogP contribution < -0.4 is 10.1 Å². The lowest BCUT2D eigenvalue weighted by Gasteiger charge is -2.08. The number of hydrogen-bond acceptors (Lipinski definition) is 7. The lowest BCUT2D eigenvalue weighted by atomic mass is 10.1. The van der Waals surface area contributed by atoms with Crippen LogP contribution in [0.3, 0.4) is 0 Å². The van der Waals surface area contributed by atoms with Crippen molar-refractivity contribution in [1.29, 1.82) is 0 Å². The molecule has 0 saturated heterocycles. The number of methoxy groups -OCH3 is 1. The number of aryl methyl sites for hydroxylation is 2. The summed E-state index contributed by atoms with van der Waals surface area (Å²) >= 11 is 2.92. The highest BCUT2D eigenvalue weighted by Gasteiger charge is 2.22. The van der Waals surface area contributed by atoms with Gasteiger partial charge >= 0.3 is 5.97 Å². The third-order valence-corrected chi connectivity index (χ3v) is 6.10. The average Bonchev–Trinajstić information content (AvgIpc) is 3.22. The van der Waals surface area contributed by atoms with Crippen molar-refractivity contribution in [2.45, 2.75) is 27.4 Å². The van der Waals surface area contributed by atoms with E-state index in [0.717, 1.165) is 21.1 Å². The molecule has 1 aromatic carbocycles. The predicted molar refractivity (Wildman–Crippen MR) is 111 cm³/mol. The first-order valence-corrected chi connectivity index (χ1v) is 10.2. The fourth-order valence-electron chi connectivity index (χ4n) is 2.60. The molecule has 2 heterocycles. The van der Waals surface area contributed by atoms with Crippen LogP contribution in [-0.2, 0) is 11.3 Å². The highest BCUT2D eigenvalue weighted by molar-refractivity contribution is 7.16. The highest BCUT2D eigenvalue weighted by atomic mass is 32.1. The maximum absolute atomic E-state index is 12.7. The van der Waals surface area contributed by atoms with Gasteiger partial charge in [0, 0.05) is 15.8 Å². The fourth-order valence-corrected chi connectivity index (χ4v) is 4.24. The number of carbonyl (C=O) groups is 2. The van der Waals surface area contributed by atoms with Crippen LogP contribution in [-0.4, -0.2) is 24.0 Å².